The third kappa shape index (κ3) is 81.9. The van der Waals surface area contributed by atoms with E-state index in [1.165, 1.54) is 0 Å². The molecule has 0 saturated heterocycles. The van der Waals surface area contributed by atoms with Gasteiger partial charge in [-0.05, 0) is 0 Å². The van der Waals surface area contributed by atoms with E-state index >= 15 is 0 Å². The summed E-state index contributed by atoms with van der Waals surface area (Å²) in [4.78, 5) is 0. The third-order valence-electron chi connectivity index (χ3n) is 0. The minimum absolute atomic E-state index is 0. The van der Waals surface area contributed by atoms with E-state index in [9.17, 15) is 0 Å². The van der Waals surface area contributed by atoms with Gasteiger partial charge < -0.3 is 13.8 Å². The number of rotatable bonds is 0. The van der Waals surface area contributed by atoms with Gasteiger partial charge in [0, 0.05) is 0 Å². The molecule has 5 heavy (non-hydrogen) atoms. The van der Waals surface area contributed by atoms with Crippen molar-refractivity contribution in [2.45, 2.75) is 13.8 Å². The second-order valence-electron chi connectivity index (χ2n) is 0. The van der Waals surface area contributed by atoms with Crippen LogP contribution in [0, 0.1) is 13.8 Å². The first-order valence-electron chi connectivity index (χ1n) is 1.41. The summed E-state index contributed by atoms with van der Waals surface area (Å²) < 4.78 is 0. The zero-order valence-electron chi connectivity index (χ0n) is 4.12. The fraction of sp³-hybridized carbons (Fsp3) is 0.500. The molecule has 0 N–H and O–H groups in total. The van der Waals surface area contributed by atoms with Crippen LogP contribution in [-0.4, -0.2) is 0 Å². The second-order valence-corrected chi connectivity index (χ2v) is 0. The van der Waals surface area contributed by atoms with E-state index in [0.717, 1.165) is 0 Å². The molecule has 0 radical (unpaired) electrons. The minimum atomic E-state index is 0. The van der Waals surface area contributed by atoms with Crippen LogP contribution in [0.3, 0.4) is 0 Å². The maximum Gasteiger partial charge on any atom is 2.00 e. The summed E-state index contributed by atoms with van der Waals surface area (Å²) in [5.74, 6) is 0. The van der Waals surface area contributed by atoms with E-state index < -0.39 is 0 Å². The van der Waals surface area contributed by atoms with E-state index in [1.54, 1.807) is 13.8 Å². The topological polar surface area (TPSA) is 0 Å². The molecular weight excluding hydrogens is 112 g/mol. The van der Waals surface area contributed by atoms with E-state index in [2.05, 4.69) is 13.8 Å². The van der Waals surface area contributed by atoms with E-state index in [-0.39, 0.29) is 19.5 Å². The Bertz CT molecular complexity index is 3.61. The van der Waals surface area contributed by atoms with Gasteiger partial charge in [-0.2, -0.15) is 13.8 Å². The molecule has 0 amide bonds. The Labute approximate surface area is 47.7 Å². The number of hydrogen-bond acceptors (Lipinski definition) is 0. The fourth-order valence-corrected chi connectivity index (χ4v) is 0. The van der Waals surface area contributed by atoms with Crippen LogP contribution < -0.4 is 0 Å². The monoisotopic (exact) mass is 122 g/mol. The molecular formula is C4H10Zn. The van der Waals surface area contributed by atoms with Gasteiger partial charge in [0.25, 0.3) is 0 Å². The summed E-state index contributed by atoms with van der Waals surface area (Å²) in [5, 5.41) is 0. The summed E-state index contributed by atoms with van der Waals surface area (Å²) in [7, 11) is 0. The predicted molar refractivity (Wildman–Crippen MR) is 22.1 cm³/mol. The number of hydrogen-bond donors (Lipinski definition) is 0. The van der Waals surface area contributed by atoms with Crippen molar-refractivity contribution in [3.8, 4) is 0 Å². The molecule has 0 aromatic rings. The van der Waals surface area contributed by atoms with Gasteiger partial charge in [0.15, 0.2) is 0 Å². The van der Waals surface area contributed by atoms with Crippen LogP contribution in [0.2, 0.25) is 0 Å². The maximum absolute atomic E-state index is 3.25. The van der Waals surface area contributed by atoms with Crippen LogP contribution in [0.5, 0.6) is 0 Å². The second kappa shape index (κ2) is 156. The van der Waals surface area contributed by atoms with Crippen LogP contribution in [0.25, 0.3) is 0 Å². The van der Waals surface area contributed by atoms with Crippen molar-refractivity contribution in [3.63, 3.8) is 0 Å². The molecule has 0 aliphatic carbocycles. The molecule has 0 spiro atoms. The average Bonchev–Trinajstić information content (AvgIpc) is 1.50. The first-order chi connectivity index (χ1) is 2.00. The van der Waals surface area contributed by atoms with Crippen molar-refractivity contribution >= 4 is 0 Å². The van der Waals surface area contributed by atoms with Crippen LogP contribution in [0.4, 0.5) is 0 Å². The van der Waals surface area contributed by atoms with Crippen LogP contribution in [0.1, 0.15) is 13.8 Å². The Kier molecular flexibility index (Phi) is 546. The van der Waals surface area contributed by atoms with Crippen LogP contribution in [0.15, 0.2) is 0 Å². The van der Waals surface area contributed by atoms with Crippen molar-refractivity contribution in [2.24, 2.45) is 0 Å². The van der Waals surface area contributed by atoms with Gasteiger partial charge in [-0.15, -0.1) is 0 Å². The predicted octanol–water partition coefficient (Wildman–Crippen LogP) is 1.68. The molecule has 0 aromatic heterocycles. The van der Waals surface area contributed by atoms with Crippen LogP contribution in [-0.2, 0) is 19.5 Å². The van der Waals surface area contributed by atoms with Crippen molar-refractivity contribution in [3.05, 3.63) is 13.8 Å². The van der Waals surface area contributed by atoms with Gasteiger partial charge >= 0.3 is 19.5 Å². The van der Waals surface area contributed by atoms with Crippen molar-refractivity contribution in [1.82, 2.24) is 0 Å². The summed E-state index contributed by atoms with van der Waals surface area (Å²) in [6.45, 7) is 10.0. The Morgan fingerprint density at radius 1 is 0.800 bits per heavy atom. The molecule has 0 aromatic carbocycles. The van der Waals surface area contributed by atoms with Gasteiger partial charge in [-0.1, -0.05) is 0 Å². The largest absolute Gasteiger partial charge is 2.00 e. The van der Waals surface area contributed by atoms with E-state index in [1.807, 2.05) is 0 Å². The molecule has 0 unspecified atom stereocenters. The zero-order chi connectivity index (χ0) is 4.00. The van der Waals surface area contributed by atoms with Crippen molar-refractivity contribution in [1.29, 1.82) is 0 Å². The normalized spacial score (nSPS) is 2.40. The molecule has 0 saturated carbocycles. The fourth-order valence-electron chi connectivity index (χ4n) is 0. The summed E-state index contributed by atoms with van der Waals surface area (Å²) in [5.41, 5.74) is 0. The summed E-state index contributed by atoms with van der Waals surface area (Å²) in [6.07, 6.45) is 0. The third-order valence-corrected chi connectivity index (χ3v) is 0. The Hall–Kier alpha value is 0.623. The molecule has 1 heteroatoms. The molecule has 28 valence electrons. The molecule has 0 atom stereocenters. The molecule has 0 heterocycles. The molecule has 0 bridgehead atoms. The first kappa shape index (κ1) is 17.5. The van der Waals surface area contributed by atoms with Gasteiger partial charge in [-0.3, -0.25) is 0 Å². The molecule has 0 aliphatic rings. The van der Waals surface area contributed by atoms with E-state index in [0.29, 0.717) is 0 Å². The zero-order valence-corrected chi connectivity index (χ0v) is 7.09. The molecule has 0 nitrogen and oxygen atoms in total. The first-order valence-corrected chi connectivity index (χ1v) is 1.41. The van der Waals surface area contributed by atoms with Gasteiger partial charge in [0.2, 0.25) is 0 Å². The van der Waals surface area contributed by atoms with Gasteiger partial charge in [0.05, 0.1) is 0 Å². The standard InChI is InChI=1S/2C2H5.Zn/c2*1-2;/h2*1H2,2H3;/q2*-1;+2/i;;1-1. The molecule has 0 aliphatic heterocycles. The van der Waals surface area contributed by atoms with E-state index in [4.69, 9.17) is 0 Å². The van der Waals surface area contributed by atoms with Crippen molar-refractivity contribution in [2.75, 3.05) is 0 Å². The quantitative estimate of drug-likeness (QED) is 0.338. The maximum atomic E-state index is 3.25. The molecule has 0 fully saturated rings. The summed E-state index contributed by atoms with van der Waals surface area (Å²) in [6, 6.07) is 0. The summed E-state index contributed by atoms with van der Waals surface area (Å²) >= 11 is 0. The minimum Gasteiger partial charge on any atom is -0.346 e. The molecule has 0 rings (SSSR count). The van der Waals surface area contributed by atoms with Crippen LogP contribution >= 0.6 is 0 Å². The Morgan fingerprint density at radius 2 is 0.800 bits per heavy atom. The van der Waals surface area contributed by atoms with Gasteiger partial charge in [-0.25, -0.2) is 0 Å². The average molecular weight is 122 g/mol. The van der Waals surface area contributed by atoms with Gasteiger partial charge in [0.1, 0.15) is 0 Å². The smallest absolute Gasteiger partial charge is 0.346 e. The Morgan fingerprint density at radius 3 is 0.800 bits per heavy atom. The van der Waals surface area contributed by atoms with Crippen molar-refractivity contribution < 1.29 is 19.5 Å². The Balaban J connectivity index is -0.0000000133. The SMILES string of the molecule is [64Zn+2].[CH2-]C.[CH2-]C.